The summed E-state index contributed by atoms with van der Waals surface area (Å²) in [4.78, 5) is 27.4. The van der Waals surface area contributed by atoms with E-state index in [0.29, 0.717) is 27.5 Å². The van der Waals surface area contributed by atoms with E-state index < -0.39 is 0 Å². The van der Waals surface area contributed by atoms with Crippen molar-refractivity contribution in [3.05, 3.63) is 58.4 Å². The lowest BCUT2D eigenvalue weighted by Gasteiger charge is -2.12. The molecule has 0 aliphatic carbocycles. The van der Waals surface area contributed by atoms with Crippen LogP contribution >= 0.6 is 11.6 Å². The molecule has 0 saturated carbocycles. The molecule has 0 spiro atoms. The van der Waals surface area contributed by atoms with E-state index in [-0.39, 0.29) is 25.0 Å². The zero-order valence-electron chi connectivity index (χ0n) is 13.4. The minimum atomic E-state index is -0.350. The number of nitriles is 1. The number of benzene rings is 1. The quantitative estimate of drug-likeness (QED) is 0.817. The van der Waals surface area contributed by atoms with Crippen LogP contribution in [0.4, 0.5) is 0 Å². The van der Waals surface area contributed by atoms with Gasteiger partial charge in [-0.2, -0.15) is 5.26 Å². The summed E-state index contributed by atoms with van der Waals surface area (Å²) < 4.78 is 5.44. The monoisotopic (exact) mass is 358 g/mol. The molecule has 2 N–H and O–H groups in total. The second-order valence-corrected chi connectivity index (χ2v) is 5.41. The predicted octanol–water partition coefficient (Wildman–Crippen LogP) is 1.66. The number of nitrogens with zero attached hydrogens (tertiary/aromatic N) is 2. The lowest BCUT2D eigenvalue weighted by Crippen LogP contribution is -2.26. The van der Waals surface area contributed by atoms with Gasteiger partial charge < -0.3 is 15.4 Å². The van der Waals surface area contributed by atoms with Gasteiger partial charge in [-0.05, 0) is 18.2 Å². The Morgan fingerprint density at radius 3 is 2.80 bits per heavy atom. The maximum atomic E-state index is 12.2. The Labute approximate surface area is 149 Å². The zero-order chi connectivity index (χ0) is 18.2. The van der Waals surface area contributed by atoms with Gasteiger partial charge in [0.15, 0.2) is 6.61 Å². The molecule has 2 rings (SSSR count). The Morgan fingerprint density at radius 2 is 2.12 bits per heavy atom. The Balaban J connectivity index is 2.11. The molecule has 2 aromatic rings. The van der Waals surface area contributed by atoms with Gasteiger partial charge in [0.2, 0.25) is 0 Å². The summed E-state index contributed by atoms with van der Waals surface area (Å²) in [5, 5.41) is 14.5. The molecule has 2 amide bonds. The van der Waals surface area contributed by atoms with Crippen molar-refractivity contribution in [1.82, 2.24) is 15.6 Å². The Morgan fingerprint density at radius 1 is 1.32 bits per heavy atom. The van der Waals surface area contributed by atoms with Crippen molar-refractivity contribution in [2.75, 3.05) is 13.7 Å². The maximum Gasteiger partial charge on any atom is 0.257 e. The summed E-state index contributed by atoms with van der Waals surface area (Å²) in [6.45, 7) is -0.0370. The number of aromatic nitrogens is 1. The Kier molecular flexibility index (Phi) is 6.32. The van der Waals surface area contributed by atoms with Crippen LogP contribution in [-0.4, -0.2) is 30.5 Å². The van der Waals surface area contributed by atoms with Gasteiger partial charge in [0, 0.05) is 31.5 Å². The zero-order valence-corrected chi connectivity index (χ0v) is 14.1. The third kappa shape index (κ3) is 5.19. The van der Waals surface area contributed by atoms with Crippen molar-refractivity contribution < 1.29 is 14.3 Å². The first-order valence-corrected chi connectivity index (χ1v) is 7.66. The molecule has 0 atom stereocenters. The molecule has 0 aliphatic heterocycles. The SMILES string of the molecule is CNC(=O)COc1cc(C#N)ccc1CNC(=O)c1cncc(Cl)c1. The molecular weight excluding hydrogens is 344 g/mol. The van der Waals surface area contributed by atoms with Crippen LogP contribution in [-0.2, 0) is 11.3 Å². The van der Waals surface area contributed by atoms with E-state index in [4.69, 9.17) is 21.6 Å². The molecule has 0 aliphatic rings. The first-order chi connectivity index (χ1) is 12.0. The number of amides is 2. The fourth-order valence-corrected chi connectivity index (χ4v) is 2.11. The third-order valence-electron chi connectivity index (χ3n) is 3.24. The van der Waals surface area contributed by atoms with E-state index >= 15 is 0 Å². The van der Waals surface area contributed by atoms with E-state index in [1.807, 2.05) is 6.07 Å². The average molecular weight is 359 g/mol. The number of carbonyl (C=O) groups is 2. The van der Waals surface area contributed by atoms with Crippen LogP contribution in [0.25, 0.3) is 0 Å². The molecule has 128 valence electrons. The van der Waals surface area contributed by atoms with Crippen LogP contribution in [0.15, 0.2) is 36.7 Å². The van der Waals surface area contributed by atoms with Gasteiger partial charge in [0.25, 0.3) is 11.8 Å². The second-order valence-electron chi connectivity index (χ2n) is 4.97. The van der Waals surface area contributed by atoms with Crippen molar-refractivity contribution in [3.63, 3.8) is 0 Å². The Hall–Kier alpha value is -3.11. The van der Waals surface area contributed by atoms with Gasteiger partial charge in [0.1, 0.15) is 5.75 Å². The van der Waals surface area contributed by atoms with E-state index in [2.05, 4.69) is 15.6 Å². The number of likely N-dealkylation sites (N-methyl/N-ethyl adjacent to an activating group) is 1. The highest BCUT2D eigenvalue weighted by Crippen LogP contribution is 2.20. The van der Waals surface area contributed by atoms with Crippen LogP contribution in [0.1, 0.15) is 21.5 Å². The number of rotatable bonds is 6. The summed E-state index contributed by atoms with van der Waals surface area (Å²) in [6, 6.07) is 8.29. The van der Waals surface area contributed by atoms with Crippen LogP contribution < -0.4 is 15.4 Å². The van der Waals surface area contributed by atoms with Crippen molar-refractivity contribution in [2.45, 2.75) is 6.54 Å². The molecule has 1 heterocycles. The minimum Gasteiger partial charge on any atom is -0.483 e. The van der Waals surface area contributed by atoms with E-state index in [1.165, 1.54) is 31.6 Å². The molecule has 25 heavy (non-hydrogen) atoms. The van der Waals surface area contributed by atoms with Crippen LogP contribution in [0.5, 0.6) is 5.75 Å². The number of hydrogen-bond acceptors (Lipinski definition) is 5. The predicted molar refractivity (Wildman–Crippen MR) is 91.1 cm³/mol. The number of pyridine rings is 1. The smallest absolute Gasteiger partial charge is 0.257 e. The second kappa shape index (κ2) is 8.66. The standard InChI is InChI=1S/C17H15ClN4O3/c1-20-16(23)10-25-15-4-11(6-19)2-3-12(15)8-22-17(24)13-5-14(18)9-21-7-13/h2-5,7,9H,8,10H2,1H3,(H,20,23)(H,22,24). The third-order valence-corrected chi connectivity index (χ3v) is 3.45. The van der Waals surface area contributed by atoms with Crippen LogP contribution in [0.3, 0.4) is 0 Å². The lowest BCUT2D eigenvalue weighted by molar-refractivity contribution is -0.122. The Bertz CT molecular complexity index is 833. The van der Waals surface area contributed by atoms with Gasteiger partial charge in [-0.1, -0.05) is 17.7 Å². The lowest BCUT2D eigenvalue weighted by atomic mass is 10.1. The van der Waals surface area contributed by atoms with Gasteiger partial charge in [-0.25, -0.2) is 0 Å². The number of ether oxygens (including phenoxy) is 1. The average Bonchev–Trinajstić information content (AvgIpc) is 2.64. The molecule has 1 aromatic carbocycles. The number of halogens is 1. The topological polar surface area (TPSA) is 104 Å². The number of hydrogen-bond donors (Lipinski definition) is 2. The van der Waals surface area contributed by atoms with Crippen LogP contribution in [0.2, 0.25) is 5.02 Å². The fourth-order valence-electron chi connectivity index (χ4n) is 1.93. The maximum absolute atomic E-state index is 12.2. The van der Waals surface area contributed by atoms with Crippen molar-refractivity contribution >= 4 is 23.4 Å². The van der Waals surface area contributed by atoms with Gasteiger partial charge in [-0.3, -0.25) is 14.6 Å². The summed E-state index contributed by atoms with van der Waals surface area (Å²) in [5.74, 6) is -0.300. The summed E-state index contributed by atoms with van der Waals surface area (Å²) in [7, 11) is 1.50. The first-order valence-electron chi connectivity index (χ1n) is 7.28. The fraction of sp³-hybridized carbons (Fsp3) is 0.176. The molecule has 8 heteroatoms. The summed E-state index contributed by atoms with van der Waals surface area (Å²) >= 11 is 5.82. The highest BCUT2D eigenvalue weighted by atomic mass is 35.5. The molecule has 0 saturated heterocycles. The van der Waals surface area contributed by atoms with Crippen LogP contribution in [0, 0.1) is 11.3 Å². The largest absolute Gasteiger partial charge is 0.483 e. The van der Waals surface area contributed by atoms with E-state index in [9.17, 15) is 9.59 Å². The molecule has 0 bridgehead atoms. The molecule has 0 unspecified atom stereocenters. The highest BCUT2D eigenvalue weighted by molar-refractivity contribution is 6.30. The minimum absolute atomic E-state index is 0.153. The summed E-state index contributed by atoms with van der Waals surface area (Å²) in [5.41, 5.74) is 1.35. The highest BCUT2D eigenvalue weighted by Gasteiger charge is 2.11. The van der Waals surface area contributed by atoms with Gasteiger partial charge in [0.05, 0.1) is 22.2 Å². The van der Waals surface area contributed by atoms with Crippen molar-refractivity contribution in [3.8, 4) is 11.8 Å². The summed E-state index contributed by atoms with van der Waals surface area (Å²) in [6.07, 6.45) is 2.84. The number of nitrogens with one attached hydrogen (secondary N) is 2. The normalized spacial score (nSPS) is 9.80. The number of carbonyl (C=O) groups excluding carboxylic acids is 2. The van der Waals surface area contributed by atoms with E-state index in [0.717, 1.165) is 0 Å². The van der Waals surface area contributed by atoms with Gasteiger partial charge >= 0.3 is 0 Å². The molecule has 0 fully saturated rings. The first kappa shape index (κ1) is 18.2. The van der Waals surface area contributed by atoms with E-state index in [1.54, 1.807) is 12.1 Å². The molecular formula is C17H15ClN4O3. The van der Waals surface area contributed by atoms with Crippen molar-refractivity contribution in [1.29, 1.82) is 5.26 Å². The molecule has 1 aromatic heterocycles. The van der Waals surface area contributed by atoms with Crippen molar-refractivity contribution in [2.24, 2.45) is 0 Å². The van der Waals surface area contributed by atoms with Gasteiger partial charge in [-0.15, -0.1) is 0 Å². The molecule has 0 radical (unpaired) electrons. The molecule has 7 nitrogen and oxygen atoms in total.